The molecule has 20 heavy (non-hydrogen) atoms. The molecule has 0 bridgehead atoms. The molecule has 1 aromatic heterocycles. The molecule has 1 aromatic rings. The van der Waals surface area contributed by atoms with Crippen molar-refractivity contribution >= 4 is 5.69 Å². The van der Waals surface area contributed by atoms with Crippen molar-refractivity contribution in [3.8, 4) is 11.8 Å². The summed E-state index contributed by atoms with van der Waals surface area (Å²) in [6, 6.07) is 1.96. The normalized spacial score (nSPS) is 23.9. The van der Waals surface area contributed by atoms with Gasteiger partial charge in [-0.2, -0.15) is 0 Å². The van der Waals surface area contributed by atoms with Crippen molar-refractivity contribution in [1.29, 1.82) is 0 Å². The van der Waals surface area contributed by atoms with Gasteiger partial charge in [0.05, 0.1) is 25.9 Å². The topological polar surface area (TPSA) is 54.6 Å². The van der Waals surface area contributed by atoms with Gasteiger partial charge in [0.25, 0.3) is 5.56 Å². The first-order chi connectivity index (χ1) is 9.66. The van der Waals surface area contributed by atoms with E-state index in [4.69, 9.17) is 9.47 Å². The number of ether oxygens (including phenoxy) is 2. The molecule has 106 valence electrons. The second kappa shape index (κ2) is 4.97. The van der Waals surface area contributed by atoms with E-state index in [1.807, 2.05) is 6.07 Å². The molecule has 5 heteroatoms. The summed E-state index contributed by atoms with van der Waals surface area (Å²) in [4.78, 5) is 17.0. The summed E-state index contributed by atoms with van der Waals surface area (Å²) in [6.07, 6.45) is 1.65. The van der Waals surface area contributed by atoms with Crippen LogP contribution in [0.15, 0.2) is 17.1 Å². The molecule has 2 aliphatic heterocycles. The molecule has 0 radical (unpaired) electrons. The molecule has 1 unspecified atom stereocenters. The van der Waals surface area contributed by atoms with Crippen LogP contribution in [0.5, 0.6) is 0 Å². The first kappa shape index (κ1) is 13.2. The number of nitrogens with zero attached hydrogens (tertiary/aromatic N) is 1. The predicted molar refractivity (Wildman–Crippen MR) is 75.9 cm³/mol. The number of aromatic nitrogens is 1. The summed E-state index contributed by atoms with van der Waals surface area (Å²) < 4.78 is 11.2. The Labute approximate surface area is 117 Å². The smallest absolute Gasteiger partial charge is 0.271 e. The molecule has 1 spiro atoms. The van der Waals surface area contributed by atoms with Gasteiger partial charge in [0.15, 0.2) is 0 Å². The van der Waals surface area contributed by atoms with E-state index in [1.54, 1.807) is 13.1 Å². The van der Waals surface area contributed by atoms with Crippen LogP contribution in [0.25, 0.3) is 0 Å². The van der Waals surface area contributed by atoms with Gasteiger partial charge in [-0.3, -0.25) is 4.79 Å². The van der Waals surface area contributed by atoms with Gasteiger partial charge in [0, 0.05) is 18.3 Å². The molecule has 3 heterocycles. The third-order valence-corrected chi connectivity index (χ3v) is 4.11. The molecular weight excluding hydrogens is 256 g/mol. The molecule has 1 N–H and O–H groups in total. The lowest BCUT2D eigenvalue weighted by atomic mass is 9.90. The Kier molecular flexibility index (Phi) is 3.28. The van der Waals surface area contributed by atoms with Gasteiger partial charge in [-0.25, -0.2) is 0 Å². The van der Waals surface area contributed by atoms with E-state index < -0.39 is 0 Å². The Morgan fingerprint density at radius 2 is 2.30 bits per heavy atom. The number of pyridine rings is 1. The van der Waals surface area contributed by atoms with E-state index in [0.717, 1.165) is 5.56 Å². The summed E-state index contributed by atoms with van der Waals surface area (Å²) in [7, 11) is 0. The average molecular weight is 274 g/mol. The first-order valence-electron chi connectivity index (χ1n) is 6.80. The summed E-state index contributed by atoms with van der Waals surface area (Å²) in [6.45, 7) is 6.36. The Morgan fingerprint density at radius 3 is 2.95 bits per heavy atom. The van der Waals surface area contributed by atoms with E-state index in [9.17, 15) is 4.79 Å². The van der Waals surface area contributed by atoms with Gasteiger partial charge in [0.1, 0.15) is 11.3 Å². The van der Waals surface area contributed by atoms with Crippen molar-refractivity contribution in [2.24, 2.45) is 0 Å². The number of H-pyrrole nitrogens is 1. The van der Waals surface area contributed by atoms with Crippen LogP contribution in [0.1, 0.15) is 19.4 Å². The van der Waals surface area contributed by atoms with Crippen molar-refractivity contribution in [2.75, 3.05) is 31.3 Å². The van der Waals surface area contributed by atoms with Crippen LogP contribution in [-0.2, 0) is 9.47 Å². The summed E-state index contributed by atoms with van der Waals surface area (Å²) >= 11 is 0. The number of morpholine rings is 1. The third kappa shape index (κ3) is 2.01. The number of anilines is 1. The molecule has 2 aliphatic rings. The average Bonchev–Trinajstić information content (AvgIpc) is 2.40. The van der Waals surface area contributed by atoms with Crippen LogP contribution < -0.4 is 10.5 Å². The van der Waals surface area contributed by atoms with E-state index in [-0.39, 0.29) is 17.2 Å². The minimum Gasteiger partial charge on any atom is -0.375 e. The molecule has 1 atom stereocenters. The Morgan fingerprint density at radius 1 is 1.50 bits per heavy atom. The SMILES string of the molecule is CC#Cc1c[nH]c(=O)c(N2CCOC3(COC3)C2C)c1. The third-order valence-electron chi connectivity index (χ3n) is 4.11. The van der Waals surface area contributed by atoms with Gasteiger partial charge in [-0.15, -0.1) is 5.92 Å². The minimum absolute atomic E-state index is 0.0872. The number of nitrogens with one attached hydrogen (secondary N) is 1. The monoisotopic (exact) mass is 274 g/mol. The Hall–Kier alpha value is -1.77. The minimum atomic E-state index is -0.267. The molecule has 2 fully saturated rings. The van der Waals surface area contributed by atoms with Gasteiger partial charge >= 0.3 is 0 Å². The fourth-order valence-electron chi connectivity index (χ4n) is 2.80. The molecule has 0 aliphatic carbocycles. The maximum absolute atomic E-state index is 12.1. The van der Waals surface area contributed by atoms with Crippen molar-refractivity contribution in [3.63, 3.8) is 0 Å². The lowest BCUT2D eigenvalue weighted by Crippen LogP contribution is -2.68. The number of hydrogen-bond donors (Lipinski definition) is 1. The highest BCUT2D eigenvalue weighted by Crippen LogP contribution is 2.33. The fourth-order valence-corrected chi connectivity index (χ4v) is 2.80. The van der Waals surface area contributed by atoms with E-state index in [0.29, 0.717) is 32.1 Å². The zero-order valence-electron chi connectivity index (χ0n) is 11.7. The van der Waals surface area contributed by atoms with Crippen molar-refractivity contribution in [1.82, 2.24) is 4.98 Å². The largest absolute Gasteiger partial charge is 0.375 e. The maximum atomic E-state index is 12.1. The molecular formula is C15H18N2O3. The standard InChI is InChI=1S/C15H18N2O3/c1-3-4-12-7-13(14(18)16-8-12)17-5-6-20-15(11(17)2)9-19-10-15/h7-8,11H,5-6,9-10H2,1-2H3,(H,16,18). The van der Waals surface area contributed by atoms with Crippen LogP contribution in [0.4, 0.5) is 5.69 Å². The highest BCUT2D eigenvalue weighted by molar-refractivity contribution is 5.51. The fraction of sp³-hybridized carbons (Fsp3) is 0.533. The maximum Gasteiger partial charge on any atom is 0.271 e. The molecule has 2 saturated heterocycles. The van der Waals surface area contributed by atoms with Crippen LogP contribution >= 0.6 is 0 Å². The highest BCUT2D eigenvalue weighted by Gasteiger charge is 2.50. The van der Waals surface area contributed by atoms with E-state index in [1.165, 1.54) is 0 Å². The van der Waals surface area contributed by atoms with Crippen molar-refractivity contribution in [2.45, 2.75) is 25.5 Å². The van der Waals surface area contributed by atoms with E-state index >= 15 is 0 Å². The Balaban J connectivity index is 1.96. The van der Waals surface area contributed by atoms with Gasteiger partial charge in [0.2, 0.25) is 0 Å². The Bertz CT molecular complexity index is 622. The van der Waals surface area contributed by atoms with Crippen LogP contribution in [-0.4, -0.2) is 43.0 Å². The van der Waals surface area contributed by atoms with Crippen LogP contribution in [0.2, 0.25) is 0 Å². The van der Waals surface area contributed by atoms with Crippen molar-refractivity contribution < 1.29 is 9.47 Å². The van der Waals surface area contributed by atoms with Crippen LogP contribution in [0, 0.1) is 11.8 Å². The number of rotatable bonds is 1. The number of hydrogen-bond acceptors (Lipinski definition) is 4. The van der Waals surface area contributed by atoms with Crippen molar-refractivity contribution in [3.05, 3.63) is 28.2 Å². The molecule has 3 rings (SSSR count). The zero-order chi connectivity index (χ0) is 14.2. The second-order valence-electron chi connectivity index (χ2n) is 5.25. The molecule has 0 amide bonds. The summed E-state index contributed by atoms with van der Waals surface area (Å²) in [5.41, 5.74) is 1.12. The molecule has 0 aromatic carbocycles. The predicted octanol–water partition coefficient (Wildman–Crippen LogP) is 0.740. The van der Waals surface area contributed by atoms with Gasteiger partial charge in [-0.1, -0.05) is 5.92 Å². The summed E-state index contributed by atoms with van der Waals surface area (Å²) in [5.74, 6) is 5.82. The molecule has 0 saturated carbocycles. The first-order valence-corrected chi connectivity index (χ1v) is 6.80. The lowest BCUT2D eigenvalue weighted by Gasteiger charge is -2.53. The van der Waals surface area contributed by atoms with E-state index in [2.05, 4.69) is 28.6 Å². The quantitative estimate of drug-likeness (QED) is 0.768. The second-order valence-corrected chi connectivity index (χ2v) is 5.25. The zero-order valence-corrected chi connectivity index (χ0v) is 11.7. The van der Waals surface area contributed by atoms with Gasteiger partial charge in [-0.05, 0) is 19.9 Å². The van der Waals surface area contributed by atoms with Crippen LogP contribution in [0.3, 0.4) is 0 Å². The summed E-state index contributed by atoms with van der Waals surface area (Å²) in [5, 5.41) is 0. The molecule has 5 nitrogen and oxygen atoms in total. The lowest BCUT2D eigenvalue weighted by molar-refractivity contribution is -0.228. The number of aromatic amines is 1. The highest BCUT2D eigenvalue weighted by atomic mass is 16.6. The van der Waals surface area contributed by atoms with Gasteiger partial charge < -0.3 is 19.4 Å².